The number of fused-ring (bicyclic) bond motifs is 6. The zero-order valence-electron chi connectivity index (χ0n) is 41.4. The third-order valence-electron chi connectivity index (χ3n) is 16.0. The summed E-state index contributed by atoms with van der Waals surface area (Å²) in [5.41, 5.74) is 24.4. The van der Waals surface area contributed by atoms with Crippen molar-refractivity contribution >= 4 is 17.1 Å². The lowest BCUT2D eigenvalue weighted by atomic mass is 9.67. The van der Waals surface area contributed by atoms with E-state index in [-0.39, 0.29) is 0 Å². The van der Waals surface area contributed by atoms with Crippen molar-refractivity contribution in [2.24, 2.45) is 0 Å². The number of anilines is 3. The van der Waals surface area contributed by atoms with Gasteiger partial charge in [-0.15, -0.1) is 0 Å². The van der Waals surface area contributed by atoms with Crippen LogP contribution in [0.1, 0.15) is 44.5 Å². The predicted octanol–water partition coefficient (Wildman–Crippen LogP) is 18.9. The van der Waals surface area contributed by atoms with Gasteiger partial charge >= 0.3 is 0 Å². The van der Waals surface area contributed by atoms with Crippen LogP contribution in [0.2, 0.25) is 0 Å². The largest absolute Gasteiger partial charge is 0.310 e. The summed E-state index contributed by atoms with van der Waals surface area (Å²) in [6, 6.07) is 115. The fourth-order valence-corrected chi connectivity index (χ4v) is 12.8. The fourth-order valence-electron chi connectivity index (χ4n) is 12.8. The van der Waals surface area contributed by atoms with Crippen molar-refractivity contribution in [2.75, 3.05) is 4.90 Å². The van der Waals surface area contributed by atoms with E-state index in [1.54, 1.807) is 0 Å². The van der Waals surface area contributed by atoms with Gasteiger partial charge in [0, 0.05) is 17.1 Å². The Labute approximate surface area is 440 Å². The molecule has 0 fully saturated rings. The molecule has 0 atom stereocenters. The molecule has 0 amide bonds. The molecule has 0 spiro atoms. The van der Waals surface area contributed by atoms with Crippen molar-refractivity contribution in [3.8, 4) is 55.6 Å². The molecule has 2 aliphatic carbocycles. The Bertz CT molecular complexity index is 3700. The summed E-state index contributed by atoms with van der Waals surface area (Å²) in [7, 11) is 0. The molecule has 75 heavy (non-hydrogen) atoms. The normalized spacial score (nSPS) is 13.3. The minimum atomic E-state index is -0.560. The van der Waals surface area contributed by atoms with Gasteiger partial charge in [-0.25, -0.2) is 0 Å². The maximum Gasteiger partial charge on any atom is 0.0714 e. The van der Waals surface area contributed by atoms with Crippen LogP contribution in [0.4, 0.5) is 17.1 Å². The minimum Gasteiger partial charge on any atom is -0.310 e. The van der Waals surface area contributed by atoms with Crippen LogP contribution < -0.4 is 4.90 Å². The molecule has 0 heterocycles. The maximum atomic E-state index is 2.49. The Morgan fingerprint density at radius 3 is 0.827 bits per heavy atom. The zero-order chi connectivity index (χ0) is 49.8. The highest BCUT2D eigenvalue weighted by molar-refractivity contribution is 5.93. The third-order valence-corrected chi connectivity index (χ3v) is 16.0. The van der Waals surface area contributed by atoms with Crippen LogP contribution in [-0.4, -0.2) is 0 Å². The van der Waals surface area contributed by atoms with Crippen LogP contribution >= 0.6 is 0 Å². The summed E-state index contributed by atoms with van der Waals surface area (Å²) in [6.07, 6.45) is 0. The van der Waals surface area contributed by atoms with E-state index in [4.69, 9.17) is 0 Å². The fraction of sp³-hybridized carbons (Fsp3) is 0.0270. The van der Waals surface area contributed by atoms with Crippen LogP contribution in [0.15, 0.2) is 309 Å². The molecule has 1 heteroatoms. The maximum absolute atomic E-state index is 2.49. The van der Waals surface area contributed by atoms with Crippen molar-refractivity contribution in [1.29, 1.82) is 0 Å². The van der Waals surface area contributed by atoms with Gasteiger partial charge in [0.15, 0.2) is 0 Å². The van der Waals surface area contributed by atoms with Gasteiger partial charge in [-0.05, 0) is 155 Å². The summed E-state index contributed by atoms with van der Waals surface area (Å²) < 4.78 is 0. The topological polar surface area (TPSA) is 3.24 Å². The van der Waals surface area contributed by atoms with E-state index in [1.807, 2.05) is 0 Å². The average molecular weight is 954 g/mol. The summed E-state index contributed by atoms with van der Waals surface area (Å²) >= 11 is 0. The molecule has 0 saturated heterocycles. The first kappa shape index (κ1) is 44.2. The number of rotatable bonds is 10. The van der Waals surface area contributed by atoms with Crippen LogP contribution in [0.5, 0.6) is 0 Å². The zero-order valence-corrected chi connectivity index (χ0v) is 41.4. The molecule has 1 nitrogen and oxygen atoms in total. The van der Waals surface area contributed by atoms with Gasteiger partial charge in [-0.2, -0.15) is 0 Å². The molecule has 12 aromatic rings. The van der Waals surface area contributed by atoms with Gasteiger partial charge < -0.3 is 4.90 Å². The summed E-state index contributed by atoms with van der Waals surface area (Å²) in [4.78, 5) is 2.49. The second-order valence-electron chi connectivity index (χ2n) is 19.9. The molecule has 14 rings (SSSR count). The van der Waals surface area contributed by atoms with E-state index in [2.05, 4.69) is 314 Å². The second kappa shape index (κ2) is 18.2. The Hall–Kier alpha value is -9.56. The van der Waals surface area contributed by atoms with Gasteiger partial charge in [-0.1, -0.05) is 255 Å². The molecule has 0 radical (unpaired) electrons. The molecule has 0 saturated carbocycles. The van der Waals surface area contributed by atoms with Gasteiger partial charge in [0.05, 0.1) is 10.8 Å². The molecular formula is C74H51N. The average Bonchev–Trinajstić information content (AvgIpc) is 3.99. The molecule has 0 N–H and O–H groups in total. The van der Waals surface area contributed by atoms with Gasteiger partial charge in [0.2, 0.25) is 0 Å². The van der Waals surface area contributed by atoms with Crippen molar-refractivity contribution in [2.45, 2.75) is 10.8 Å². The molecule has 352 valence electrons. The molecule has 0 aliphatic heterocycles. The number of benzene rings is 12. The van der Waals surface area contributed by atoms with E-state index >= 15 is 0 Å². The quantitative estimate of drug-likeness (QED) is 0.132. The van der Waals surface area contributed by atoms with Gasteiger partial charge in [0.25, 0.3) is 0 Å². The molecule has 2 aliphatic rings. The SMILES string of the molecule is c1ccc(-c2cc(-c3ccccc3)cc(-c3ccc(N(c4ccc5c(c4)C(c4ccccc4)(c4ccccc4)c4ccccc4-5)c4ccc5c(c4)C(c4ccccc4)(c4ccccc4)c4ccccc4-5)cc3)c2)cc1. The van der Waals surface area contributed by atoms with E-state index < -0.39 is 10.8 Å². The van der Waals surface area contributed by atoms with E-state index in [9.17, 15) is 0 Å². The molecule has 0 unspecified atom stereocenters. The third kappa shape index (κ3) is 7.08. The van der Waals surface area contributed by atoms with Crippen LogP contribution in [0.25, 0.3) is 55.6 Å². The smallest absolute Gasteiger partial charge is 0.0714 e. The van der Waals surface area contributed by atoms with E-state index in [1.165, 1.54) is 94.6 Å². The van der Waals surface area contributed by atoms with Crippen LogP contribution in [-0.2, 0) is 10.8 Å². The van der Waals surface area contributed by atoms with Crippen molar-refractivity contribution in [1.82, 2.24) is 0 Å². The highest BCUT2D eigenvalue weighted by Gasteiger charge is 2.48. The second-order valence-corrected chi connectivity index (χ2v) is 19.9. The Morgan fingerprint density at radius 1 is 0.187 bits per heavy atom. The number of nitrogens with zero attached hydrogens (tertiary/aromatic N) is 1. The summed E-state index contributed by atoms with van der Waals surface area (Å²) in [6.45, 7) is 0. The Morgan fingerprint density at radius 2 is 0.467 bits per heavy atom. The van der Waals surface area contributed by atoms with Crippen molar-refractivity contribution in [3.05, 3.63) is 354 Å². The number of hydrogen-bond donors (Lipinski definition) is 0. The first-order valence-electron chi connectivity index (χ1n) is 26.1. The minimum absolute atomic E-state index is 0.560. The molecule has 0 aromatic heterocycles. The highest BCUT2D eigenvalue weighted by Crippen LogP contribution is 2.59. The van der Waals surface area contributed by atoms with Crippen molar-refractivity contribution in [3.63, 3.8) is 0 Å². The first-order chi connectivity index (χ1) is 37.2. The predicted molar refractivity (Wildman–Crippen MR) is 312 cm³/mol. The summed E-state index contributed by atoms with van der Waals surface area (Å²) in [5.74, 6) is 0. The first-order valence-corrected chi connectivity index (χ1v) is 26.1. The van der Waals surface area contributed by atoms with Crippen LogP contribution in [0, 0.1) is 0 Å². The monoisotopic (exact) mass is 953 g/mol. The van der Waals surface area contributed by atoms with Crippen molar-refractivity contribution < 1.29 is 0 Å². The van der Waals surface area contributed by atoms with Gasteiger partial charge in [0.1, 0.15) is 0 Å². The Kier molecular flexibility index (Phi) is 10.7. The van der Waals surface area contributed by atoms with Crippen LogP contribution in [0.3, 0.4) is 0 Å². The lowest BCUT2D eigenvalue weighted by molar-refractivity contribution is 0.767. The molecular weight excluding hydrogens is 903 g/mol. The lowest BCUT2D eigenvalue weighted by Gasteiger charge is -2.36. The van der Waals surface area contributed by atoms with E-state index in [0.717, 1.165) is 22.6 Å². The van der Waals surface area contributed by atoms with E-state index in [0.29, 0.717) is 0 Å². The molecule has 0 bridgehead atoms. The van der Waals surface area contributed by atoms with Gasteiger partial charge in [-0.3, -0.25) is 0 Å². The summed E-state index contributed by atoms with van der Waals surface area (Å²) in [5, 5.41) is 0. The highest BCUT2D eigenvalue weighted by atomic mass is 15.1. The number of hydrogen-bond acceptors (Lipinski definition) is 1. The molecule has 12 aromatic carbocycles. The Balaban J connectivity index is 1.01. The lowest BCUT2D eigenvalue weighted by Crippen LogP contribution is -2.29. The standard InChI is InChI=1S/C74H51N/c1-7-23-52(24-8-1)55-47-56(53-25-9-2-10-26-53)49-57(48-55)54-39-41-62(42-40-54)75(63-43-45-67-65-35-19-21-37-69(65)73(71(67)50-63,58-27-11-3-12-28-58)59-29-13-4-14-30-59)64-44-46-68-66-36-20-22-38-70(66)74(72(68)51-64,60-31-15-5-16-32-60)61-33-17-6-18-34-61/h1-51H.